The van der Waals surface area contributed by atoms with Crippen LogP contribution in [-0.2, 0) is 16.1 Å². The van der Waals surface area contributed by atoms with Crippen LogP contribution >= 0.6 is 11.6 Å². The van der Waals surface area contributed by atoms with Crippen LogP contribution in [0.25, 0.3) is 16.9 Å². The topological polar surface area (TPSA) is 88.1 Å². The molecule has 3 aromatic rings. The van der Waals surface area contributed by atoms with Gasteiger partial charge in [-0.3, -0.25) is 9.36 Å². The number of halogens is 1. The summed E-state index contributed by atoms with van der Waals surface area (Å²) >= 11 is 5.95. The first kappa shape index (κ1) is 19.6. The van der Waals surface area contributed by atoms with Crippen LogP contribution < -0.4 is 11.2 Å². The number of hydrogen-bond acceptors (Lipinski definition) is 5. The Hall–Kier alpha value is -3.13. The van der Waals surface area contributed by atoms with Crippen molar-refractivity contribution in [1.82, 2.24) is 18.7 Å². The van der Waals surface area contributed by atoms with Crippen LogP contribution in [0.5, 0.6) is 0 Å². The standard InChI is InChI=1S/C19H19ClN4O4/c1-4-10-22-17(25)15-16(21-11-23(15)12(3)18(26)28-5-2)24(19(22)27)14-8-6-13(20)7-9-14/h4,6-9,11-12H,1,5,10H2,2-3H3/t12-/m1/s1. The summed E-state index contributed by atoms with van der Waals surface area (Å²) in [6.45, 7) is 7.14. The van der Waals surface area contributed by atoms with Crippen LogP contribution in [0.2, 0.25) is 5.02 Å². The molecule has 1 aromatic carbocycles. The molecule has 0 N–H and O–H groups in total. The van der Waals surface area contributed by atoms with Gasteiger partial charge in [0.2, 0.25) is 0 Å². The third-order valence-corrected chi connectivity index (χ3v) is 4.55. The zero-order chi connectivity index (χ0) is 20.4. The highest BCUT2D eigenvalue weighted by Crippen LogP contribution is 2.19. The van der Waals surface area contributed by atoms with Gasteiger partial charge in [-0.1, -0.05) is 17.7 Å². The second kappa shape index (κ2) is 7.85. The van der Waals surface area contributed by atoms with E-state index in [2.05, 4.69) is 11.6 Å². The van der Waals surface area contributed by atoms with Crippen LogP contribution in [0.1, 0.15) is 19.9 Å². The number of carbonyl (C=O) groups is 1. The lowest BCUT2D eigenvalue weighted by molar-refractivity contribution is -0.146. The van der Waals surface area contributed by atoms with Crippen molar-refractivity contribution < 1.29 is 9.53 Å². The van der Waals surface area contributed by atoms with Crippen molar-refractivity contribution in [3.63, 3.8) is 0 Å². The van der Waals surface area contributed by atoms with Gasteiger partial charge in [0.1, 0.15) is 6.04 Å². The smallest absolute Gasteiger partial charge is 0.337 e. The van der Waals surface area contributed by atoms with Crippen LogP contribution in [0.4, 0.5) is 0 Å². The van der Waals surface area contributed by atoms with Gasteiger partial charge in [0, 0.05) is 11.6 Å². The highest BCUT2D eigenvalue weighted by Gasteiger charge is 2.24. The first-order chi connectivity index (χ1) is 13.4. The van der Waals surface area contributed by atoms with Gasteiger partial charge in [-0.2, -0.15) is 0 Å². The van der Waals surface area contributed by atoms with Gasteiger partial charge in [0.05, 0.1) is 18.6 Å². The Kier molecular flexibility index (Phi) is 5.51. The highest BCUT2D eigenvalue weighted by molar-refractivity contribution is 6.30. The molecule has 0 radical (unpaired) electrons. The van der Waals surface area contributed by atoms with Gasteiger partial charge in [-0.25, -0.2) is 19.1 Å². The van der Waals surface area contributed by atoms with Crippen molar-refractivity contribution in [3.05, 3.63) is 69.1 Å². The number of carbonyl (C=O) groups excluding carboxylic acids is 1. The number of benzene rings is 1. The van der Waals surface area contributed by atoms with Gasteiger partial charge < -0.3 is 9.30 Å². The first-order valence-corrected chi connectivity index (χ1v) is 9.04. The zero-order valence-electron chi connectivity index (χ0n) is 15.5. The van der Waals surface area contributed by atoms with E-state index >= 15 is 0 Å². The molecule has 28 heavy (non-hydrogen) atoms. The number of ether oxygens (including phenoxy) is 1. The number of aromatic nitrogens is 4. The predicted molar refractivity (Wildman–Crippen MR) is 106 cm³/mol. The largest absolute Gasteiger partial charge is 0.464 e. The zero-order valence-corrected chi connectivity index (χ0v) is 16.2. The maximum Gasteiger partial charge on any atom is 0.337 e. The molecule has 0 amide bonds. The van der Waals surface area contributed by atoms with Crippen molar-refractivity contribution in [2.45, 2.75) is 26.4 Å². The average Bonchev–Trinajstić information content (AvgIpc) is 3.11. The summed E-state index contributed by atoms with van der Waals surface area (Å²) in [4.78, 5) is 42.4. The van der Waals surface area contributed by atoms with E-state index < -0.39 is 23.3 Å². The number of nitrogens with zero attached hydrogens (tertiary/aromatic N) is 4. The second-order valence-corrected chi connectivity index (χ2v) is 6.49. The molecule has 0 aliphatic rings. The molecule has 0 aliphatic carbocycles. The molecule has 0 spiro atoms. The monoisotopic (exact) mass is 402 g/mol. The lowest BCUT2D eigenvalue weighted by atomic mass is 10.3. The predicted octanol–water partition coefficient (Wildman–Crippen LogP) is 2.31. The van der Waals surface area contributed by atoms with E-state index in [0.717, 1.165) is 4.57 Å². The van der Waals surface area contributed by atoms with Crippen molar-refractivity contribution >= 4 is 28.7 Å². The van der Waals surface area contributed by atoms with Gasteiger partial charge in [0.25, 0.3) is 5.56 Å². The number of imidazole rings is 1. The molecule has 0 fully saturated rings. The molecule has 9 heteroatoms. The molecular weight excluding hydrogens is 384 g/mol. The van der Waals surface area contributed by atoms with E-state index in [4.69, 9.17) is 16.3 Å². The molecular formula is C19H19ClN4O4. The minimum Gasteiger partial charge on any atom is -0.464 e. The van der Waals surface area contributed by atoms with Crippen LogP contribution in [0, 0.1) is 0 Å². The number of allylic oxidation sites excluding steroid dienone is 1. The molecule has 0 aliphatic heterocycles. The summed E-state index contributed by atoms with van der Waals surface area (Å²) in [5, 5.41) is 0.508. The van der Waals surface area contributed by atoms with Crippen molar-refractivity contribution in [2.24, 2.45) is 0 Å². The SMILES string of the molecule is C=CCn1c(=O)c2c(ncn2[C@H](C)C(=O)OCC)n(-c2ccc(Cl)cc2)c1=O. The summed E-state index contributed by atoms with van der Waals surface area (Å²) in [5.74, 6) is -0.499. The third kappa shape index (κ3) is 3.27. The highest BCUT2D eigenvalue weighted by atomic mass is 35.5. The van der Waals surface area contributed by atoms with E-state index in [-0.39, 0.29) is 24.3 Å². The lowest BCUT2D eigenvalue weighted by Crippen LogP contribution is -2.40. The molecule has 0 saturated carbocycles. The molecule has 0 unspecified atom stereocenters. The molecule has 0 bridgehead atoms. The number of esters is 1. The Balaban J connectivity index is 2.36. The van der Waals surface area contributed by atoms with Crippen molar-refractivity contribution in [1.29, 1.82) is 0 Å². The molecule has 146 valence electrons. The van der Waals surface area contributed by atoms with Gasteiger partial charge >= 0.3 is 11.7 Å². The first-order valence-electron chi connectivity index (χ1n) is 8.66. The molecule has 2 aromatic heterocycles. The van der Waals surface area contributed by atoms with Gasteiger partial charge in [0.15, 0.2) is 11.2 Å². The Morgan fingerprint density at radius 2 is 2.00 bits per heavy atom. The fraction of sp³-hybridized carbons (Fsp3) is 0.263. The molecule has 1 atom stereocenters. The van der Waals surface area contributed by atoms with Crippen LogP contribution in [0.15, 0.2) is 52.8 Å². The lowest BCUT2D eigenvalue weighted by Gasteiger charge is -2.15. The normalized spacial score (nSPS) is 12.1. The summed E-state index contributed by atoms with van der Waals surface area (Å²) in [5.41, 5.74) is -0.357. The summed E-state index contributed by atoms with van der Waals surface area (Å²) < 4.78 is 8.82. The fourth-order valence-corrected chi connectivity index (χ4v) is 3.06. The van der Waals surface area contributed by atoms with E-state index in [9.17, 15) is 14.4 Å². The minimum absolute atomic E-state index is 0.0141. The van der Waals surface area contributed by atoms with Crippen molar-refractivity contribution in [3.8, 4) is 5.69 Å². The molecule has 2 heterocycles. The van der Waals surface area contributed by atoms with E-state index in [0.29, 0.717) is 10.7 Å². The van der Waals surface area contributed by atoms with Crippen LogP contribution in [0.3, 0.4) is 0 Å². The Bertz CT molecular complexity index is 1160. The van der Waals surface area contributed by atoms with E-state index in [1.807, 2.05) is 0 Å². The Morgan fingerprint density at radius 1 is 1.32 bits per heavy atom. The Morgan fingerprint density at radius 3 is 2.61 bits per heavy atom. The summed E-state index contributed by atoms with van der Waals surface area (Å²) in [6.07, 6.45) is 2.81. The maximum absolute atomic E-state index is 13.0. The van der Waals surface area contributed by atoms with Crippen LogP contribution in [-0.4, -0.2) is 31.3 Å². The molecule has 0 saturated heterocycles. The number of fused-ring (bicyclic) bond motifs is 1. The number of hydrogen-bond donors (Lipinski definition) is 0. The molecule has 8 nitrogen and oxygen atoms in total. The minimum atomic E-state index is -0.786. The van der Waals surface area contributed by atoms with Gasteiger partial charge in [-0.15, -0.1) is 6.58 Å². The average molecular weight is 403 g/mol. The van der Waals surface area contributed by atoms with Gasteiger partial charge in [-0.05, 0) is 38.1 Å². The summed E-state index contributed by atoms with van der Waals surface area (Å²) in [7, 11) is 0. The third-order valence-electron chi connectivity index (χ3n) is 4.30. The molecule has 3 rings (SSSR count). The van der Waals surface area contributed by atoms with Crippen molar-refractivity contribution in [2.75, 3.05) is 6.61 Å². The summed E-state index contributed by atoms with van der Waals surface area (Å²) in [6, 6.07) is 5.79. The maximum atomic E-state index is 13.0. The second-order valence-electron chi connectivity index (χ2n) is 6.05. The number of rotatable bonds is 6. The van der Waals surface area contributed by atoms with E-state index in [1.165, 1.54) is 21.5 Å². The quantitative estimate of drug-likeness (QED) is 0.466. The fourth-order valence-electron chi connectivity index (χ4n) is 2.93. The Labute approximate surface area is 165 Å². The van der Waals surface area contributed by atoms with E-state index in [1.54, 1.807) is 38.1 Å².